The molecule has 0 fully saturated rings. The van der Waals surface area contributed by atoms with E-state index in [2.05, 4.69) is 0 Å². The summed E-state index contributed by atoms with van der Waals surface area (Å²) < 4.78 is 31.1. The van der Waals surface area contributed by atoms with Crippen LogP contribution in [0.4, 0.5) is 0 Å². The molecule has 0 saturated carbocycles. The average Bonchev–Trinajstić information content (AvgIpc) is 2.44. The Kier molecular flexibility index (Phi) is 4.89. The summed E-state index contributed by atoms with van der Waals surface area (Å²) in [7, 11) is -0.873. The van der Waals surface area contributed by atoms with Gasteiger partial charge in [0.05, 0.1) is 18.7 Å². The highest BCUT2D eigenvalue weighted by atomic mass is 32.2. The molecule has 104 valence electrons. The molecule has 6 nitrogen and oxygen atoms in total. The zero-order valence-electron chi connectivity index (χ0n) is 11.1. The zero-order chi connectivity index (χ0) is 14.6. The van der Waals surface area contributed by atoms with E-state index in [1.807, 2.05) is 6.07 Å². The number of methoxy groups -OCH3 is 1. The second-order valence-electron chi connectivity index (χ2n) is 4.08. The van der Waals surface area contributed by atoms with Crippen LogP contribution in [-0.2, 0) is 10.0 Å². The zero-order valence-corrected chi connectivity index (χ0v) is 11.9. The van der Waals surface area contributed by atoms with Crippen LogP contribution in [0, 0.1) is 11.3 Å². The van der Waals surface area contributed by atoms with E-state index in [4.69, 9.17) is 15.7 Å². The Labute approximate surface area is 113 Å². The molecule has 1 rings (SSSR count). The van der Waals surface area contributed by atoms with E-state index in [0.717, 1.165) is 0 Å². The van der Waals surface area contributed by atoms with E-state index in [1.165, 1.54) is 36.7 Å². The molecular weight excluding hydrogens is 266 g/mol. The van der Waals surface area contributed by atoms with E-state index >= 15 is 0 Å². The molecular formula is C12H17N3O3S. The first-order valence-corrected chi connectivity index (χ1v) is 7.08. The molecule has 0 spiro atoms. The van der Waals surface area contributed by atoms with Crippen molar-refractivity contribution in [3.05, 3.63) is 23.8 Å². The Balaban J connectivity index is 3.33. The normalized spacial score (nSPS) is 13.1. The van der Waals surface area contributed by atoms with Gasteiger partial charge in [0.2, 0.25) is 10.0 Å². The Morgan fingerprint density at radius 2 is 2.16 bits per heavy atom. The number of sulfonamides is 1. The van der Waals surface area contributed by atoms with Gasteiger partial charge in [-0.25, -0.2) is 8.42 Å². The number of likely N-dealkylation sites (N-methyl/N-ethyl adjacent to an activating group) is 1. The third-order valence-electron chi connectivity index (χ3n) is 2.91. The number of nitriles is 1. The summed E-state index contributed by atoms with van der Waals surface area (Å²) in [5, 5.41) is 8.80. The topological polar surface area (TPSA) is 96.4 Å². The number of nitrogens with two attached hydrogens (primary N) is 1. The molecule has 1 unspecified atom stereocenters. The highest BCUT2D eigenvalue weighted by Crippen LogP contribution is 2.27. The molecule has 0 aliphatic rings. The quantitative estimate of drug-likeness (QED) is 0.850. The van der Waals surface area contributed by atoms with Crippen LogP contribution in [-0.4, -0.2) is 39.5 Å². The monoisotopic (exact) mass is 283 g/mol. The van der Waals surface area contributed by atoms with Crippen LogP contribution in [0.25, 0.3) is 0 Å². The number of rotatable bonds is 5. The van der Waals surface area contributed by atoms with Gasteiger partial charge in [0, 0.05) is 19.6 Å². The minimum atomic E-state index is -3.70. The molecule has 2 N–H and O–H groups in total. The summed E-state index contributed by atoms with van der Waals surface area (Å²) in [4.78, 5) is 0.0248. The van der Waals surface area contributed by atoms with Gasteiger partial charge in [-0.3, -0.25) is 0 Å². The molecule has 0 aromatic heterocycles. The fourth-order valence-corrected chi connectivity index (χ4v) is 3.00. The predicted molar refractivity (Wildman–Crippen MR) is 71.2 cm³/mol. The summed E-state index contributed by atoms with van der Waals surface area (Å²) in [5.41, 5.74) is 5.82. The predicted octanol–water partition coefficient (Wildman–Crippen LogP) is 0.535. The van der Waals surface area contributed by atoms with Crippen LogP contribution in [0.5, 0.6) is 5.75 Å². The lowest BCUT2D eigenvalue weighted by Crippen LogP contribution is -2.39. The third kappa shape index (κ3) is 3.04. The minimum Gasteiger partial charge on any atom is -0.495 e. The van der Waals surface area contributed by atoms with E-state index < -0.39 is 10.0 Å². The summed E-state index contributed by atoms with van der Waals surface area (Å²) in [6.45, 7) is 1.93. The fourth-order valence-electron chi connectivity index (χ4n) is 1.49. The van der Waals surface area contributed by atoms with Crippen molar-refractivity contribution in [3.8, 4) is 11.8 Å². The standard InChI is InChI=1S/C12H17N3O3S/c1-9(7-13)15(2)19(16,17)12-5-4-10(8-14)6-11(12)18-3/h4-6,9H,7,13H2,1-3H3. The Bertz CT molecular complexity index is 593. The fraction of sp³-hybridized carbons (Fsp3) is 0.417. The van der Waals surface area contributed by atoms with Gasteiger partial charge in [0.15, 0.2) is 0 Å². The summed E-state index contributed by atoms with van der Waals surface area (Å²) >= 11 is 0. The maximum absolute atomic E-state index is 12.4. The largest absolute Gasteiger partial charge is 0.495 e. The molecule has 0 bridgehead atoms. The molecule has 19 heavy (non-hydrogen) atoms. The second kappa shape index (κ2) is 6.02. The number of benzene rings is 1. The van der Waals surface area contributed by atoms with Gasteiger partial charge in [-0.2, -0.15) is 9.57 Å². The van der Waals surface area contributed by atoms with Crippen LogP contribution in [0.1, 0.15) is 12.5 Å². The molecule has 0 amide bonds. The average molecular weight is 283 g/mol. The van der Waals surface area contributed by atoms with Gasteiger partial charge in [0.1, 0.15) is 10.6 Å². The van der Waals surface area contributed by atoms with Crippen LogP contribution in [0.15, 0.2) is 23.1 Å². The van der Waals surface area contributed by atoms with Crippen molar-refractivity contribution in [2.24, 2.45) is 5.73 Å². The van der Waals surface area contributed by atoms with Gasteiger partial charge in [-0.1, -0.05) is 0 Å². The smallest absolute Gasteiger partial charge is 0.246 e. The SMILES string of the molecule is COc1cc(C#N)ccc1S(=O)(=O)N(C)C(C)CN. The first-order chi connectivity index (χ1) is 8.88. The van der Waals surface area contributed by atoms with Crippen molar-refractivity contribution in [1.82, 2.24) is 4.31 Å². The van der Waals surface area contributed by atoms with E-state index in [9.17, 15) is 8.42 Å². The van der Waals surface area contributed by atoms with Crippen molar-refractivity contribution in [2.75, 3.05) is 20.7 Å². The van der Waals surface area contributed by atoms with Crippen molar-refractivity contribution in [2.45, 2.75) is 17.9 Å². The highest BCUT2D eigenvalue weighted by Gasteiger charge is 2.27. The lowest BCUT2D eigenvalue weighted by Gasteiger charge is -2.23. The summed E-state index contributed by atoms with van der Waals surface area (Å²) in [6.07, 6.45) is 0. The number of ether oxygens (including phenoxy) is 1. The molecule has 1 aromatic rings. The van der Waals surface area contributed by atoms with E-state index in [0.29, 0.717) is 5.56 Å². The lowest BCUT2D eigenvalue weighted by atomic mass is 10.2. The second-order valence-corrected chi connectivity index (χ2v) is 6.05. The van der Waals surface area contributed by atoms with Crippen molar-refractivity contribution >= 4 is 10.0 Å². The maximum Gasteiger partial charge on any atom is 0.246 e. The summed E-state index contributed by atoms with van der Waals surface area (Å²) in [5.74, 6) is 0.148. The van der Waals surface area contributed by atoms with Gasteiger partial charge < -0.3 is 10.5 Å². The van der Waals surface area contributed by atoms with Gasteiger partial charge in [0.25, 0.3) is 0 Å². The first-order valence-electron chi connectivity index (χ1n) is 5.64. The number of hydrogen-bond acceptors (Lipinski definition) is 5. The van der Waals surface area contributed by atoms with Gasteiger partial charge >= 0.3 is 0 Å². The molecule has 0 aliphatic heterocycles. The van der Waals surface area contributed by atoms with Crippen molar-refractivity contribution in [1.29, 1.82) is 5.26 Å². The highest BCUT2D eigenvalue weighted by molar-refractivity contribution is 7.89. The van der Waals surface area contributed by atoms with Gasteiger partial charge in [-0.15, -0.1) is 0 Å². The molecule has 0 aliphatic carbocycles. The number of nitrogens with zero attached hydrogens (tertiary/aromatic N) is 2. The lowest BCUT2D eigenvalue weighted by molar-refractivity contribution is 0.380. The van der Waals surface area contributed by atoms with Crippen LogP contribution < -0.4 is 10.5 Å². The molecule has 0 heterocycles. The van der Waals surface area contributed by atoms with Crippen LogP contribution >= 0.6 is 0 Å². The minimum absolute atomic E-state index is 0.0248. The molecule has 7 heteroatoms. The Morgan fingerprint density at radius 3 is 2.63 bits per heavy atom. The Morgan fingerprint density at radius 1 is 1.53 bits per heavy atom. The summed E-state index contributed by atoms with van der Waals surface area (Å²) in [6, 6.07) is 5.81. The molecule has 1 aromatic carbocycles. The van der Waals surface area contributed by atoms with E-state index in [-0.39, 0.29) is 23.2 Å². The van der Waals surface area contributed by atoms with Crippen molar-refractivity contribution < 1.29 is 13.2 Å². The van der Waals surface area contributed by atoms with Crippen LogP contribution in [0.3, 0.4) is 0 Å². The molecule has 1 atom stereocenters. The third-order valence-corrected chi connectivity index (χ3v) is 4.92. The van der Waals surface area contributed by atoms with E-state index in [1.54, 1.807) is 6.92 Å². The molecule has 0 radical (unpaired) electrons. The van der Waals surface area contributed by atoms with Crippen molar-refractivity contribution in [3.63, 3.8) is 0 Å². The maximum atomic E-state index is 12.4. The van der Waals surface area contributed by atoms with Crippen LogP contribution in [0.2, 0.25) is 0 Å². The molecule has 0 saturated heterocycles. The number of hydrogen-bond donors (Lipinski definition) is 1. The van der Waals surface area contributed by atoms with Gasteiger partial charge in [-0.05, 0) is 25.1 Å². The Hall–Kier alpha value is -1.62. The first kappa shape index (κ1) is 15.4.